The maximum absolute atomic E-state index is 11.3. The van der Waals surface area contributed by atoms with Crippen molar-refractivity contribution in [2.45, 2.75) is 12.5 Å². The van der Waals surface area contributed by atoms with Crippen molar-refractivity contribution in [2.24, 2.45) is 0 Å². The molecule has 0 radical (unpaired) electrons. The summed E-state index contributed by atoms with van der Waals surface area (Å²) in [6.45, 7) is 3.41. The van der Waals surface area contributed by atoms with Gasteiger partial charge in [-0.25, -0.2) is 9.59 Å². The lowest BCUT2D eigenvalue weighted by Crippen LogP contribution is -2.42. The number of nitrogens with one attached hydrogen (secondary N) is 1. The van der Waals surface area contributed by atoms with E-state index in [-0.39, 0.29) is 13.0 Å². The van der Waals surface area contributed by atoms with Crippen molar-refractivity contribution < 1.29 is 19.4 Å². The Balaban J connectivity index is 2.65. The van der Waals surface area contributed by atoms with Crippen molar-refractivity contribution in [1.82, 2.24) is 5.32 Å². The zero-order chi connectivity index (χ0) is 14.3. The molecule has 102 valence electrons. The molecule has 1 atom stereocenters. The first-order valence-corrected chi connectivity index (χ1v) is 5.92. The molecule has 1 aromatic carbocycles. The lowest BCUT2D eigenvalue weighted by atomic mass is 10.1. The average molecular weight is 284 g/mol. The van der Waals surface area contributed by atoms with E-state index in [1.54, 1.807) is 24.3 Å². The molecule has 1 amide bonds. The smallest absolute Gasteiger partial charge is 0.408 e. The second kappa shape index (κ2) is 7.43. The number of carbonyl (C=O) groups excluding carboxylic acids is 1. The molecule has 0 saturated heterocycles. The van der Waals surface area contributed by atoms with Gasteiger partial charge in [0.15, 0.2) is 0 Å². The monoisotopic (exact) mass is 283 g/mol. The van der Waals surface area contributed by atoms with Gasteiger partial charge in [-0.3, -0.25) is 0 Å². The average Bonchev–Trinajstić information content (AvgIpc) is 2.35. The molecule has 0 aliphatic carbocycles. The predicted molar refractivity (Wildman–Crippen MR) is 71.3 cm³/mol. The van der Waals surface area contributed by atoms with E-state index < -0.39 is 18.1 Å². The third-order valence-corrected chi connectivity index (χ3v) is 2.49. The molecule has 0 heterocycles. The highest BCUT2D eigenvalue weighted by atomic mass is 35.5. The Labute approximate surface area is 115 Å². The third kappa shape index (κ3) is 5.44. The van der Waals surface area contributed by atoms with Crippen molar-refractivity contribution in [1.29, 1.82) is 0 Å². The number of carboxylic acids is 1. The third-order valence-electron chi connectivity index (χ3n) is 2.25. The largest absolute Gasteiger partial charge is 0.480 e. The van der Waals surface area contributed by atoms with Gasteiger partial charge in [-0.05, 0) is 17.7 Å². The van der Waals surface area contributed by atoms with Gasteiger partial charge in [0.1, 0.15) is 12.6 Å². The number of amides is 1. The predicted octanol–water partition coefficient (Wildman–Crippen LogP) is 2.25. The molecular weight excluding hydrogens is 270 g/mol. The molecular formula is C13H14ClNO4. The van der Waals surface area contributed by atoms with E-state index in [9.17, 15) is 9.59 Å². The number of carboxylic acid groups (broad SMARTS) is 1. The molecule has 2 N–H and O–H groups in total. The second-order valence-corrected chi connectivity index (χ2v) is 4.19. The van der Waals surface area contributed by atoms with Crippen LogP contribution in [0, 0.1) is 0 Å². The van der Waals surface area contributed by atoms with E-state index in [0.717, 1.165) is 0 Å². The van der Waals surface area contributed by atoms with Crippen molar-refractivity contribution >= 4 is 23.7 Å². The van der Waals surface area contributed by atoms with Gasteiger partial charge in [-0.15, -0.1) is 0 Å². The standard InChI is InChI=1S/C13H14ClNO4/c1-2-6-19-13(18)15-11(12(16)17)8-9-4-3-5-10(14)7-9/h2-5,7,11H,1,6,8H2,(H,15,18)(H,16,17)/t11-/m0/s1. The number of aliphatic carboxylic acids is 1. The van der Waals surface area contributed by atoms with Crippen LogP contribution in [0.25, 0.3) is 0 Å². The molecule has 0 fully saturated rings. The van der Waals surface area contributed by atoms with E-state index in [1.807, 2.05) is 0 Å². The minimum atomic E-state index is -1.14. The second-order valence-electron chi connectivity index (χ2n) is 3.76. The maximum atomic E-state index is 11.3. The van der Waals surface area contributed by atoms with E-state index in [1.165, 1.54) is 6.08 Å². The molecule has 1 aromatic rings. The minimum Gasteiger partial charge on any atom is -0.480 e. The van der Waals surface area contributed by atoms with Gasteiger partial charge in [-0.1, -0.05) is 36.4 Å². The van der Waals surface area contributed by atoms with Crippen LogP contribution < -0.4 is 5.32 Å². The summed E-state index contributed by atoms with van der Waals surface area (Å²) in [5.41, 5.74) is 0.712. The number of hydrogen-bond donors (Lipinski definition) is 2. The van der Waals surface area contributed by atoms with Gasteiger partial charge in [0.05, 0.1) is 0 Å². The van der Waals surface area contributed by atoms with Crippen molar-refractivity contribution in [2.75, 3.05) is 6.61 Å². The number of carbonyl (C=O) groups is 2. The van der Waals surface area contributed by atoms with Gasteiger partial charge < -0.3 is 15.2 Å². The first-order chi connectivity index (χ1) is 9.02. The Hall–Kier alpha value is -2.01. The van der Waals surface area contributed by atoms with E-state index in [2.05, 4.69) is 16.6 Å². The summed E-state index contributed by atoms with van der Waals surface area (Å²) in [4.78, 5) is 22.4. The van der Waals surface area contributed by atoms with Crippen LogP contribution in [-0.2, 0) is 16.0 Å². The van der Waals surface area contributed by atoms with Crippen LogP contribution in [0.2, 0.25) is 5.02 Å². The van der Waals surface area contributed by atoms with Crippen LogP contribution in [0.4, 0.5) is 4.79 Å². The fourth-order valence-corrected chi connectivity index (χ4v) is 1.63. The molecule has 0 unspecified atom stereocenters. The molecule has 0 aliphatic heterocycles. The van der Waals surface area contributed by atoms with E-state index >= 15 is 0 Å². The van der Waals surface area contributed by atoms with E-state index in [0.29, 0.717) is 10.6 Å². The van der Waals surface area contributed by atoms with Crippen molar-refractivity contribution in [3.63, 3.8) is 0 Å². The molecule has 1 rings (SSSR count). The number of halogens is 1. The quantitative estimate of drug-likeness (QED) is 0.785. The molecule has 0 aromatic heterocycles. The summed E-state index contributed by atoms with van der Waals surface area (Å²) < 4.78 is 4.68. The maximum Gasteiger partial charge on any atom is 0.408 e. The Morgan fingerprint density at radius 2 is 2.26 bits per heavy atom. The number of hydrogen-bond acceptors (Lipinski definition) is 3. The van der Waals surface area contributed by atoms with Crippen LogP contribution in [0.15, 0.2) is 36.9 Å². The zero-order valence-electron chi connectivity index (χ0n) is 10.1. The SMILES string of the molecule is C=CCOC(=O)N[C@@H](Cc1cccc(Cl)c1)C(=O)O. The Morgan fingerprint density at radius 3 is 2.84 bits per heavy atom. The highest BCUT2D eigenvalue weighted by Crippen LogP contribution is 2.12. The first-order valence-electron chi connectivity index (χ1n) is 5.54. The van der Waals surface area contributed by atoms with Gasteiger partial charge in [-0.2, -0.15) is 0 Å². The van der Waals surface area contributed by atoms with Crippen LogP contribution in [0.1, 0.15) is 5.56 Å². The summed E-state index contributed by atoms with van der Waals surface area (Å²) in [6.07, 6.45) is 0.722. The molecule has 5 nitrogen and oxygen atoms in total. The van der Waals surface area contributed by atoms with Crippen LogP contribution in [-0.4, -0.2) is 29.8 Å². The van der Waals surface area contributed by atoms with Crippen molar-refractivity contribution in [3.8, 4) is 0 Å². The van der Waals surface area contributed by atoms with Gasteiger partial charge in [0.2, 0.25) is 0 Å². The fraction of sp³-hybridized carbons (Fsp3) is 0.231. The first kappa shape index (κ1) is 15.0. The zero-order valence-corrected chi connectivity index (χ0v) is 10.9. The lowest BCUT2D eigenvalue weighted by Gasteiger charge is -2.14. The highest BCUT2D eigenvalue weighted by molar-refractivity contribution is 6.30. The minimum absolute atomic E-state index is 0.0232. The Kier molecular flexibility index (Phi) is 5.89. The van der Waals surface area contributed by atoms with Crippen LogP contribution >= 0.6 is 11.6 Å². The summed E-state index contributed by atoms with van der Waals surface area (Å²) >= 11 is 5.81. The number of rotatable bonds is 6. The van der Waals surface area contributed by atoms with Gasteiger partial charge in [0, 0.05) is 11.4 Å². The molecule has 0 aliphatic rings. The summed E-state index contributed by atoms with van der Waals surface area (Å²) in [7, 11) is 0. The fourth-order valence-electron chi connectivity index (χ4n) is 1.42. The summed E-state index contributed by atoms with van der Waals surface area (Å²) in [5.74, 6) is -1.14. The van der Waals surface area contributed by atoms with Gasteiger partial charge >= 0.3 is 12.1 Å². The molecule has 19 heavy (non-hydrogen) atoms. The van der Waals surface area contributed by atoms with Crippen LogP contribution in [0.5, 0.6) is 0 Å². The van der Waals surface area contributed by atoms with Gasteiger partial charge in [0.25, 0.3) is 0 Å². The van der Waals surface area contributed by atoms with Crippen molar-refractivity contribution in [3.05, 3.63) is 47.5 Å². The molecule has 6 heteroatoms. The topological polar surface area (TPSA) is 75.6 Å². The Bertz CT molecular complexity index is 475. The molecule has 0 saturated carbocycles. The summed E-state index contributed by atoms with van der Waals surface area (Å²) in [6, 6.07) is 5.71. The number of alkyl carbamates (subject to hydrolysis) is 1. The normalized spacial score (nSPS) is 11.4. The van der Waals surface area contributed by atoms with E-state index in [4.69, 9.17) is 16.7 Å². The summed E-state index contributed by atoms with van der Waals surface area (Å²) in [5, 5.41) is 11.8. The highest BCUT2D eigenvalue weighted by Gasteiger charge is 2.21. The van der Waals surface area contributed by atoms with Crippen LogP contribution in [0.3, 0.4) is 0 Å². The number of benzene rings is 1. The number of ether oxygens (including phenoxy) is 1. The molecule has 0 bridgehead atoms. The molecule has 0 spiro atoms. The Morgan fingerprint density at radius 1 is 1.53 bits per heavy atom. The lowest BCUT2D eigenvalue weighted by molar-refractivity contribution is -0.139.